The number of fused-ring (bicyclic) bond motifs is 1. The highest BCUT2D eigenvalue weighted by Crippen LogP contribution is 2.20. The van der Waals surface area contributed by atoms with Crippen molar-refractivity contribution >= 4 is 16.7 Å². The van der Waals surface area contributed by atoms with Crippen molar-refractivity contribution in [2.45, 2.75) is 6.42 Å². The van der Waals surface area contributed by atoms with Crippen molar-refractivity contribution in [3.05, 3.63) is 60.0 Å². The zero-order valence-corrected chi connectivity index (χ0v) is 11.1. The van der Waals surface area contributed by atoms with Crippen LogP contribution in [-0.4, -0.2) is 22.9 Å². The lowest BCUT2D eigenvalue weighted by atomic mass is 10.0. The first-order valence-corrected chi connectivity index (χ1v) is 6.35. The van der Waals surface area contributed by atoms with Crippen LogP contribution in [0, 0.1) is 0 Å². The van der Waals surface area contributed by atoms with Gasteiger partial charge in [0.05, 0.1) is 7.11 Å². The van der Waals surface area contributed by atoms with E-state index in [0.29, 0.717) is 12.0 Å². The molecule has 1 aromatic carbocycles. The van der Waals surface area contributed by atoms with E-state index in [1.165, 1.54) is 0 Å². The average molecular weight is 266 g/mol. The maximum atomic E-state index is 12.4. The van der Waals surface area contributed by atoms with Crippen LogP contribution < -0.4 is 4.74 Å². The lowest BCUT2D eigenvalue weighted by Gasteiger charge is -2.03. The molecule has 3 rings (SSSR count). The SMILES string of the molecule is COc1cccc(CC(=O)c2c[nH]c3ccncc23)c1. The van der Waals surface area contributed by atoms with Crippen molar-refractivity contribution < 1.29 is 9.53 Å². The highest BCUT2D eigenvalue weighted by Gasteiger charge is 2.12. The maximum Gasteiger partial charge on any atom is 0.169 e. The highest BCUT2D eigenvalue weighted by atomic mass is 16.5. The summed E-state index contributed by atoms with van der Waals surface area (Å²) < 4.78 is 5.17. The van der Waals surface area contributed by atoms with Gasteiger partial charge in [0.15, 0.2) is 5.78 Å². The maximum absolute atomic E-state index is 12.4. The quantitative estimate of drug-likeness (QED) is 0.738. The van der Waals surface area contributed by atoms with E-state index in [-0.39, 0.29) is 5.78 Å². The van der Waals surface area contributed by atoms with Crippen molar-refractivity contribution in [3.8, 4) is 5.75 Å². The second-order valence-electron chi connectivity index (χ2n) is 4.58. The number of rotatable bonds is 4. The largest absolute Gasteiger partial charge is 0.497 e. The Morgan fingerprint density at radius 3 is 3.10 bits per heavy atom. The second kappa shape index (κ2) is 5.17. The zero-order valence-electron chi connectivity index (χ0n) is 11.1. The lowest BCUT2D eigenvalue weighted by molar-refractivity contribution is 0.0994. The van der Waals surface area contributed by atoms with Crippen molar-refractivity contribution in [1.29, 1.82) is 0 Å². The Balaban J connectivity index is 1.89. The van der Waals surface area contributed by atoms with E-state index in [4.69, 9.17) is 4.74 Å². The van der Waals surface area contributed by atoms with Gasteiger partial charge in [0.25, 0.3) is 0 Å². The van der Waals surface area contributed by atoms with Gasteiger partial charge in [-0.05, 0) is 23.8 Å². The van der Waals surface area contributed by atoms with Gasteiger partial charge in [-0.2, -0.15) is 0 Å². The van der Waals surface area contributed by atoms with E-state index in [1.54, 1.807) is 25.7 Å². The number of nitrogens with one attached hydrogen (secondary N) is 1. The molecule has 0 saturated carbocycles. The van der Waals surface area contributed by atoms with Crippen LogP contribution in [0.3, 0.4) is 0 Å². The van der Waals surface area contributed by atoms with Gasteiger partial charge in [-0.15, -0.1) is 0 Å². The summed E-state index contributed by atoms with van der Waals surface area (Å²) in [6.45, 7) is 0. The molecule has 0 fully saturated rings. The third-order valence-corrected chi connectivity index (χ3v) is 3.28. The van der Waals surface area contributed by atoms with Crippen molar-refractivity contribution in [1.82, 2.24) is 9.97 Å². The third kappa shape index (κ3) is 2.28. The Hall–Kier alpha value is -2.62. The van der Waals surface area contributed by atoms with Gasteiger partial charge < -0.3 is 9.72 Å². The summed E-state index contributed by atoms with van der Waals surface area (Å²) in [4.78, 5) is 19.6. The Morgan fingerprint density at radius 2 is 2.25 bits per heavy atom. The van der Waals surface area contributed by atoms with Crippen LogP contribution in [0.5, 0.6) is 5.75 Å². The molecule has 0 saturated heterocycles. The van der Waals surface area contributed by atoms with Crippen LogP contribution in [0.4, 0.5) is 0 Å². The fourth-order valence-corrected chi connectivity index (χ4v) is 2.26. The van der Waals surface area contributed by atoms with Crippen LogP contribution in [-0.2, 0) is 6.42 Å². The first-order valence-electron chi connectivity index (χ1n) is 6.35. The number of ether oxygens (including phenoxy) is 1. The molecule has 3 aromatic rings. The molecule has 1 N–H and O–H groups in total. The number of methoxy groups -OCH3 is 1. The Morgan fingerprint density at radius 1 is 1.35 bits per heavy atom. The van der Waals surface area contributed by atoms with Crippen LogP contribution in [0.25, 0.3) is 10.9 Å². The summed E-state index contributed by atoms with van der Waals surface area (Å²) in [5, 5.41) is 0.861. The minimum atomic E-state index is 0.0671. The summed E-state index contributed by atoms with van der Waals surface area (Å²) in [7, 11) is 1.62. The molecule has 0 amide bonds. The molecule has 20 heavy (non-hydrogen) atoms. The van der Waals surface area contributed by atoms with Gasteiger partial charge in [0.1, 0.15) is 5.75 Å². The van der Waals surface area contributed by atoms with E-state index >= 15 is 0 Å². The van der Waals surface area contributed by atoms with E-state index < -0.39 is 0 Å². The minimum absolute atomic E-state index is 0.0671. The van der Waals surface area contributed by atoms with Crippen molar-refractivity contribution in [3.63, 3.8) is 0 Å². The summed E-state index contributed by atoms with van der Waals surface area (Å²) in [5.74, 6) is 0.827. The molecular formula is C16H14N2O2. The molecule has 4 nitrogen and oxygen atoms in total. The molecule has 2 aromatic heterocycles. The first kappa shape index (κ1) is 12.4. The van der Waals surface area contributed by atoms with Gasteiger partial charge in [0, 0.05) is 41.5 Å². The molecule has 0 bridgehead atoms. The topological polar surface area (TPSA) is 55.0 Å². The molecule has 0 radical (unpaired) electrons. The first-order chi connectivity index (χ1) is 9.78. The fraction of sp³-hybridized carbons (Fsp3) is 0.125. The number of hydrogen-bond acceptors (Lipinski definition) is 3. The Labute approximate surface area is 116 Å². The average Bonchev–Trinajstić information content (AvgIpc) is 2.91. The van der Waals surface area contributed by atoms with Crippen molar-refractivity contribution in [2.24, 2.45) is 0 Å². The highest BCUT2D eigenvalue weighted by molar-refractivity contribution is 6.08. The Kier molecular flexibility index (Phi) is 3.21. The van der Waals surface area contributed by atoms with E-state index in [9.17, 15) is 4.79 Å². The van der Waals surface area contributed by atoms with Gasteiger partial charge >= 0.3 is 0 Å². The third-order valence-electron chi connectivity index (χ3n) is 3.28. The van der Waals surface area contributed by atoms with Gasteiger partial charge in [-0.1, -0.05) is 12.1 Å². The standard InChI is InChI=1S/C16H14N2O2/c1-20-12-4-2-3-11(7-12)8-16(19)14-10-18-15-5-6-17-9-13(14)15/h2-7,9-10,18H,8H2,1H3. The molecule has 0 aliphatic heterocycles. The monoisotopic (exact) mass is 266 g/mol. The number of pyridine rings is 1. The number of benzene rings is 1. The second-order valence-corrected chi connectivity index (χ2v) is 4.58. The predicted octanol–water partition coefficient (Wildman–Crippen LogP) is 3.00. The number of aromatic amines is 1. The number of ketones is 1. The fourth-order valence-electron chi connectivity index (χ4n) is 2.26. The van der Waals surface area contributed by atoms with Gasteiger partial charge in [0.2, 0.25) is 0 Å². The smallest absolute Gasteiger partial charge is 0.169 e. The summed E-state index contributed by atoms with van der Waals surface area (Å²) in [5.41, 5.74) is 2.54. The molecule has 0 aliphatic carbocycles. The summed E-state index contributed by atoms with van der Waals surface area (Å²) >= 11 is 0. The Bertz CT molecular complexity index is 762. The van der Waals surface area contributed by atoms with E-state index in [0.717, 1.165) is 22.2 Å². The van der Waals surface area contributed by atoms with E-state index in [2.05, 4.69) is 9.97 Å². The molecule has 0 spiro atoms. The predicted molar refractivity (Wildman–Crippen MR) is 77.1 cm³/mol. The summed E-state index contributed by atoms with van der Waals surface area (Å²) in [6.07, 6.45) is 5.51. The van der Waals surface area contributed by atoms with Crippen LogP contribution >= 0.6 is 0 Å². The van der Waals surface area contributed by atoms with Crippen molar-refractivity contribution in [2.75, 3.05) is 7.11 Å². The van der Waals surface area contributed by atoms with Gasteiger partial charge in [-0.25, -0.2) is 0 Å². The number of carbonyl (C=O) groups is 1. The number of hydrogen-bond donors (Lipinski definition) is 1. The lowest BCUT2D eigenvalue weighted by Crippen LogP contribution is -2.03. The number of H-pyrrole nitrogens is 1. The molecule has 0 unspecified atom stereocenters. The van der Waals surface area contributed by atoms with Crippen LogP contribution in [0.2, 0.25) is 0 Å². The molecule has 0 atom stereocenters. The molecule has 4 heteroatoms. The summed E-state index contributed by atoms with van der Waals surface area (Å²) in [6, 6.07) is 9.41. The van der Waals surface area contributed by atoms with Crippen LogP contribution in [0.1, 0.15) is 15.9 Å². The molecule has 100 valence electrons. The normalized spacial score (nSPS) is 10.7. The molecule has 2 heterocycles. The van der Waals surface area contributed by atoms with Crippen LogP contribution in [0.15, 0.2) is 48.9 Å². The number of nitrogens with zero attached hydrogens (tertiary/aromatic N) is 1. The van der Waals surface area contributed by atoms with E-state index in [1.807, 2.05) is 30.3 Å². The zero-order chi connectivity index (χ0) is 13.9. The minimum Gasteiger partial charge on any atom is -0.497 e. The number of aromatic nitrogens is 2. The number of carbonyl (C=O) groups excluding carboxylic acids is 1. The molecule has 0 aliphatic rings. The van der Waals surface area contributed by atoms with Gasteiger partial charge in [-0.3, -0.25) is 9.78 Å². The molecular weight excluding hydrogens is 252 g/mol. The number of Topliss-reactive ketones (excluding diaryl/α,β-unsaturated/α-hetero) is 1.